The van der Waals surface area contributed by atoms with Gasteiger partial charge in [0.05, 0.1) is 0 Å². The SMILES string of the molecule is C1=C(c2ccccc2)Oc2ccccc2[C@@H]1c1cccs1. The molecular formula is C19H14OS. The van der Waals surface area contributed by atoms with Crippen LogP contribution in [0.4, 0.5) is 0 Å². The lowest BCUT2D eigenvalue weighted by Crippen LogP contribution is -2.09. The maximum atomic E-state index is 6.11. The molecule has 0 fully saturated rings. The van der Waals surface area contributed by atoms with Crippen LogP contribution in [0.3, 0.4) is 0 Å². The molecule has 1 atom stereocenters. The first-order valence-electron chi connectivity index (χ1n) is 6.99. The Labute approximate surface area is 128 Å². The summed E-state index contributed by atoms with van der Waals surface area (Å²) in [4.78, 5) is 1.35. The summed E-state index contributed by atoms with van der Waals surface area (Å²) < 4.78 is 6.11. The first-order valence-corrected chi connectivity index (χ1v) is 7.87. The van der Waals surface area contributed by atoms with Gasteiger partial charge in [-0.2, -0.15) is 0 Å². The van der Waals surface area contributed by atoms with Crippen molar-refractivity contribution in [2.45, 2.75) is 5.92 Å². The second-order valence-corrected chi connectivity index (χ2v) is 6.01. The van der Waals surface area contributed by atoms with Gasteiger partial charge in [-0.1, -0.05) is 54.6 Å². The second kappa shape index (κ2) is 5.23. The minimum absolute atomic E-state index is 0.269. The highest BCUT2D eigenvalue weighted by Gasteiger charge is 2.24. The fourth-order valence-corrected chi connectivity index (χ4v) is 3.50. The van der Waals surface area contributed by atoms with Gasteiger partial charge >= 0.3 is 0 Å². The minimum atomic E-state index is 0.269. The predicted octanol–water partition coefficient (Wildman–Crippen LogP) is 5.31. The maximum Gasteiger partial charge on any atom is 0.131 e. The molecule has 0 unspecified atom stereocenters. The highest BCUT2D eigenvalue weighted by Crippen LogP contribution is 2.41. The van der Waals surface area contributed by atoms with Crippen LogP contribution < -0.4 is 4.74 Å². The van der Waals surface area contributed by atoms with Crippen LogP contribution in [0.1, 0.15) is 21.9 Å². The molecule has 0 N–H and O–H groups in total. The summed E-state index contributed by atoms with van der Waals surface area (Å²) in [6.45, 7) is 0. The van der Waals surface area contributed by atoms with Gasteiger partial charge in [0.15, 0.2) is 0 Å². The van der Waals surface area contributed by atoms with Gasteiger partial charge in [0, 0.05) is 21.9 Å². The number of para-hydroxylation sites is 1. The molecule has 102 valence electrons. The lowest BCUT2D eigenvalue weighted by atomic mass is 9.92. The van der Waals surface area contributed by atoms with E-state index >= 15 is 0 Å². The number of allylic oxidation sites excluding steroid dienone is 1. The summed E-state index contributed by atoms with van der Waals surface area (Å²) in [5, 5.41) is 2.13. The molecule has 0 radical (unpaired) electrons. The van der Waals surface area contributed by atoms with Gasteiger partial charge in [-0.15, -0.1) is 11.3 Å². The third kappa shape index (κ3) is 2.28. The molecule has 1 aliphatic heterocycles. The van der Waals surface area contributed by atoms with Crippen LogP contribution in [0.15, 0.2) is 78.2 Å². The summed E-state index contributed by atoms with van der Waals surface area (Å²) in [6, 6.07) is 22.9. The summed E-state index contributed by atoms with van der Waals surface area (Å²) in [5.74, 6) is 2.16. The van der Waals surface area contributed by atoms with Crippen LogP contribution in [0.2, 0.25) is 0 Å². The van der Waals surface area contributed by atoms with Crippen LogP contribution in [0, 0.1) is 0 Å². The van der Waals surface area contributed by atoms with Crippen LogP contribution >= 0.6 is 11.3 Å². The van der Waals surface area contributed by atoms with Crippen molar-refractivity contribution in [3.8, 4) is 5.75 Å². The van der Waals surface area contributed by atoms with Crippen molar-refractivity contribution in [3.63, 3.8) is 0 Å². The van der Waals surface area contributed by atoms with Crippen LogP contribution in [0.25, 0.3) is 5.76 Å². The Bertz CT molecular complexity index is 772. The summed E-state index contributed by atoms with van der Waals surface area (Å²) >= 11 is 1.79. The molecule has 0 amide bonds. The Morgan fingerprint density at radius 1 is 0.810 bits per heavy atom. The van der Waals surface area contributed by atoms with Gasteiger partial charge < -0.3 is 4.74 Å². The molecule has 2 heterocycles. The van der Waals surface area contributed by atoms with Gasteiger partial charge in [0.25, 0.3) is 0 Å². The molecule has 0 saturated carbocycles. The Morgan fingerprint density at radius 3 is 2.43 bits per heavy atom. The number of benzene rings is 2. The van der Waals surface area contributed by atoms with Crippen molar-refractivity contribution < 1.29 is 4.74 Å². The standard InChI is InChI=1S/C19H14OS/c1-2-7-14(8-3-1)18-13-16(19-11-6-12-21-19)15-9-4-5-10-17(15)20-18/h1-13,16H/t16-/m1/s1. The van der Waals surface area contributed by atoms with Crippen molar-refractivity contribution in [1.82, 2.24) is 0 Å². The quantitative estimate of drug-likeness (QED) is 0.621. The molecule has 1 nitrogen and oxygen atoms in total. The predicted molar refractivity (Wildman–Crippen MR) is 87.7 cm³/mol. The molecule has 2 aromatic carbocycles. The normalized spacial score (nSPS) is 16.8. The topological polar surface area (TPSA) is 9.23 Å². The molecule has 3 aromatic rings. The van der Waals surface area contributed by atoms with E-state index in [0.29, 0.717) is 0 Å². The fourth-order valence-electron chi connectivity index (χ4n) is 2.69. The van der Waals surface area contributed by atoms with Crippen molar-refractivity contribution in [2.24, 2.45) is 0 Å². The number of hydrogen-bond donors (Lipinski definition) is 0. The van der Waals surface area contributed by atoms with E-state index in [9.17, 15) is 0 Å². The Balaban J connectivity index is 1.85. The van der Waals surface area contributed by atoms with E-state index in [4.69, 9.17) is 4.74 Å². The smallest absolute Gasteiger partial charge is 0.131 e. The zero-order valence-corrected chi connectivity index (χ0v) is 12.2. The van der Waals surface area contributed by atoms with Crippen LogP contribution in [0.5, 0.6) is 5.75 Å². The van der Waals surface area contributed by atoms with Gasteiger partial charge in [-0.05, 0) is 23.6 Å². The van der Waals surface area contributed by atoms with E-state index in [1.807, 2.05) is 30.3 Å². The minimum Gasteiger partial charge on any atom is -0.457 e. The van der Waals surface area contributed by atoms with Crippen molar-refractivity contribution in [3.05, 3.63) is 94.2 Å². The van der Waals surface area contributed by atoms with Crippen molar-refractivity contribution in [2.75, 3.05) is 0 Å². The van der Waals surface area contributed by atoms with Gasteiger partial charge in [0.1, 0.15) is 11.5 Å². The summed E-state index contributed by atoms with van der Waals surface area (Å²) in [6.07, 6.45) is 2.23. The number of ether oxygens (including phenoxy) is 1. The highest BCUT2D eigenvalue weighted by molar-refractivity contribution is 7.10. The average Bonchev–Trinajstić information content (AvgIpc) is 3.09. The Morgan fingerprint density at radius 2 is 1.62 bits per heavy atom. The van der Waals surface area contributed by atoms with Gasteiger partial charge in [0.2, 0.25) is 0 Å². The molecule has 0 saturated heterocycles. The van der Waals surface area contributed by atoms with Crippen molar-refractivity contribution in [1.29, 1.82) is 0 Å². The summed E-state index contributed by atoms with van der Waals surface area (Å²) in [7, 11) is 0. The molecule has 21 heavy (non-hydrogen) atoms. The van der Waals surface area contributed by atoms with E-state index in [0.717, 1.165) is 17.1 Å². The maximum absolute atomic E-state index is 6.11. The van der Waals surface area contributed by atoms with E-state index in [-0.39, 0.29) is 5.92 Å². The zero-order valence-electron chi connectivity index (χ0n) is 11.4. The van der Waals surface area contributed by atoms with Crippen LogP contribution in [-0.2, 0) is 0 Å². The van der Waals surface area contributed by atoms with E-state index in [1.54, 1.807) is 11.3 Å². The molecular weight excluding hydrogens is 276 g/mol. The van der Waals surface area contributed by atoms with Gasteiger partial charge in [-0.25, -0.2) is 0 Å². The zero-order chi connectivity index (χ0) is 14.1. The van der Waals surface area contributed by atoms with E-state index in [1.165, 1.54) is 10.4 Å². The third-order valence-corrected chi connectivity index (χ3v) is 4.66. The molecule has 1 aromatic heterocycles. The van der Waals surface area contributed by atoms with Crippen LogP contribution in [-0.4, -0.2) is 0 Å². The van der Waals surface area contributed by atoms with E-state index < -0.39 is 0 Å². The van der Waals surface area contributed by atoms with E-state index in [2.05, 4.69) is 47.9 Å². The summed E-state index contributed by atoms with van der Waals surface area (Å²) in [5.41, 5.74) is 2.35. The fraction of sp³-hybridized carbons (Fsp3) is 0.0526. The Hall–Kier alpha value is -2.32. The lowest BCUT2D eigenvalue weighted by molar-refractivity contribution is 0.493. The molecule has 0 aliphatic carbocycles. The first kappa shape index (κ1) is 12.4. The van der Waals surface area contributed by atoms with Crippen molar-refractivity contribution >= 4 is 17.1 Å². The number of thiophene rings is 1. The molecule has 0 spiro atoms. The number of fused-ring (bicyclic) bond motifs is 1. The van der Waals surface area contributed by atoms with Gasteiger partial charge in [-0.3, -0.25) is 0 Å². The number of hydrogen-bond acceptors (Lipinski definition) is 2. The average molecular weight is 290 g/mol. The molecule has 1 aliphatic rings. The number of rotatable bonds is 2. The Kier molecular flexibility index (Phi) is 3.09. The monoisotopic (exact) mass is 290 g/mol. The third-order valence-electron chi connectivity index (χ3n) is 3.70. The molecule has 2 heteroatoms. The molecule has 4 rings (SSSR count). The second-order valence-electron chi connectivity index (χ2n) is 5.03. The lowest BCUT2D eigenvalue weighted by Gasteiger charge is -2.24. The molecule has 0 bridgehead atoms. The largest absolute Gasteiger partial charge is 0.457 e. The highest BCUT2D eigenvalue weighted by atomic mass is 32.1. The first-order chi connectivity index (χ1) is 10.4.